The minimum absolute atomic E-state index is 0.0829. The number of hydrogen-bond donors (Lipinski definition) is 1. The summed E-state index contributed by atoms with van der Waals surface area (Å²) in [6.45, 7) is 2.91. The molecular formula is C12H19N3O3S. The molecule has 19 heavy (non-hydrogen) atoms. The first-order chi connectivity index (χ1) is 9.06. The zero-order valence-electron chi connectivity index (χ0n) is 11.3. The Kier molecular flexibility index (Phi) is 4.51. The first-order valence-electron chi connectivity index (χ1n) is 6.12. The lowest BCUT2D eigenvalue weighted by molar-refractivity contribution is -0.00461. The average molecular weight is 285 g/mol. The Bertz CT molecular complexity index is 437. The highest BCUT2D eigenvalue weighted by molar-refractivity contribution is 7.09. The number of thiazole rings is 1. The summed E-state index contributed by atoms with van der Waals surface area (Å²) >= 11 is 1.41. The number of methoxy groups -OCH3 is 2. The van der Waals surface area contributed by atoms with Crippen molar-refractivity contribution in [3.8, 4) is 0 Å². The Hall–Kier alpha value is -1.02. The third-order valence-corrected chi connectivity index (χ3v) is 4.28. The van der Waals surface area contributed by atoms with Crippen molar-refractivity contribution in [2.75, 3.05) is 27.3 Å². The van der Waals surface area contributed by atoms with Crippen molar-refractivity contribution in [2.24, 2.45) is 5.73 Å². The van der Waals surface area contributed by atoms with Gasteiger partial charge in [0.05, 0.1) is 6.04 Å². The van der Waals surface area contributed by atoms with Crippen molar-refractivity contribution < 1.29 is 14.3 Å². The Balaban J connectivity index is 2.07. The molecule has 1 aliphatic heterocycles. The molecule has 0 saturated carbocycles. The molecule has 0 bridgehead atoms. The lowest BCUT2D eigenvalue weighted by atomic mass is 10.3. The van der Waals surface area contributed by atoms with Crippen molar-refractivity contribution in [3.63, 3.8) is 0 Å². The molecule has 106 valence electrons. The fourth-order valence-corrected chi connectivity index (χ4v) is 2.87. The highest BCUT2D eigenvalue weighted by atomic mass is 32.1. The van der Waals surface area contributed by atoms with E-state index in [0.29, 0.717) is 18.8 Å². The first-order valence-corrected chi connectivity index (χ1v) is 7.00. The van der Waals surface area contributed by atoms with Crippen LogP contribution in [0.4, 0.5) is 0 Å². The van der Waals surface area contributed by atoms with Gasteiger partial charge in [-0.25, -0.2) is 4.98 Å². The van der Waals surface area contributed by atoms with E-state index in [1.165, 1.54) is 11.3 Å². The molecule has 2 heterocycles. The molecule has 3 unspecified atom stereocenters. The van der Waals surface area contributed by atoms with Gasteiger partial charge in [0.1, 0.15) is 22.9 Å². The number of nitrogens with two attached hydrogens (primary N) is 1. The van der Waals surface area contributed by atoms with Crippen molar-refractivity contribution in [1.82, 2.24) is 9.88 Å². The summed E-state index contributed by atoms with van der Waals surface area (Å²) in [4.78, 5) is 18.3. The second-order valence-electron chi connectivity index (χ2n) is 4.62. The summed E-state index contributed by atoms with van der Waals surface area (Å²) in [7, 11) is 3.25. The summed E-state index contributed by atoms with van der Waals surface area (Å²) in [5, 5.41) is 2.53. The van der Waals surface area contributed by atoms with Crippen molar-refractivity contribution in [2.45, 2.75) is 25.2 Å². The fraction of sp³-hybridized carbons (Fsp3) is 0.667. The maximum atomic E-state index is 12.3. The Morgan fingerprint density at radius 2 is 2.05 bits per heavy atom. The van der Waals surface area contributed by atoms with E-state index in [1.807, 2.05) is 6.92 Å². The smallest absolute Gasteiger partial charge is 0.273 e. The van der Waals surface area contributed by atoms with Gasteiger partial charge in [0.2, 0.25) is 0 Å². The molecule has 2 N–H and O–H groups in total. The third-order valence-electron chi connectivity index (χ3n) is 3.24. The number of carbonyl (C=O) groups excluding carboxylic acids is 1. The van der Waals surface area contributed by atoms with Crippen LogP contribution >= 0.6 is 11.3 Å². The van der Waals surface area contributed by atoms with Crippen molar-refractivity contribution in [1.29, 1.82) is 0 Å². The first kappa shape index (κ1) is 14.4. The number of hydrogen-bond acceptors (Lipinski definition) is 6. The molecule has 6 nitrogen and oxygen atoms in total. The maximum absolute atomic E-state index is 12.3. The van der Waals surface area contributed by atoms with E-state index in [2.05, 4.69) is 4.98 Å². The number of nitrogens with zero attached hydrogens (tertiary/aromatic N) is 2. The van der Waals surface area contributed by atoms with Gasteiger partial charge in [0.25, 0.3) is 5.91 Å². The van der Waals surface area contributed by atoms with Crippen molar-refractivity contribution in [3.05, 3.63) is 16.1 Å². The molecule has 3 atom stereocenters. The van der Waals surface area contributed by atoms with Crippen LogP contribution < -0.4 is 5.73 Å². The molecule has 0 aromatic carbocycles. The average Bonchev–Trinajstić information content (AvgIpc) is 3.04. The van der Waals surface area contributed by atoms with Crippen LogP contribution in [0, 0.1) is 0 Å². The minimum atomic E-state index is -0.149. The van der Waals surface area contributed by atoms with E-state index in [9.17, 15) is 4.79 Å². The molecule has 1 amide bonds. The second kappa shape index (κ2) is 5.96. The summed E-state index contributed by atoms with van der Waals surface area (Å²) in [5.74, 6) is -0.0928. The van der Waals surface area contributed by atoms with E-state index in [0.717, 1.165) is 5.01 Å². The highest BCUT2D eigenvalue weighted by Crippen LogP contribution is 2.21. The van der Waals surface area contributed by atoms with Crippen LogP contribution in [0.5, 0.6) is 0 Å². The van der Waals surface area contributed by atoms with Crippen LogP contribution in [0.3, 0.4) is 0 Å². The van der Waals surface area contributed by atoms with E-state index in [-0.39, 0.29) is 24.2 Å². The molecule has 1 aliphatic rings. The zero-order chi connectivity index (χ0) is 14.0. The summed E-state index contributed by atoms with van der Waals surface area (Å²) in [6, 6.07) is -0.149. The zero-order valence-corrected chi connectivity index (χ0v) is 12.1. The van der Waals surface area contributed by atoms with Crippen molar-refractivity contribution >= 4 is 17.2 Å². The lowest BCUT2D eigenvalue weighted by Crippen LogP contribution is -2.30. The molecule has 7 heteroatoms. The number of carbonyl (C=O) groups is 1. The molecule has 0 aliphatic carbocycles. The van der Waals surface area contributed by atoms with Gasteiger partial charge < -0.3 is 20.1 Å². The molecule has 1 aromatic rings. The van der Waals surface area contributed by atoms with Crippen LogP contribution in [0.2, 0.25) is 0 Å². The summed E-state index contributed by atoms with van der Waals surface area (Å²) in [5.41, 5.74) is 6.20. The lowest BCUT2D eigenvalue weighted by Gasteiger charge is -2.13. The summed E-state index contributed by atoms with van der Waals surface area (Å²) < 4.78 is 10.6. The topological polar surface area (TPSA) is 77.7 Å². The number of aromatic nitrogens is 1. The third kappa shape index (κ3) is 2.94. The molecular weight excluding hydrogens is 266 g/mol. The Labute approximate surface area is 116 Å². The number of amides is 1. The highest BCUT2D eigenvalue weighted by Gasteiger charge is 2.36. The van der Waals surface area contributed by atoms with Gasteiger partial charge >= 0.3 is 0 Å². The number of rotatable bonds is 4. The molecule has 1 saturated heterocycles. The van der Waals surface area contributed by atoms with E-state index < -0.39 is 0 Å². The van der Waals surface area contributed by atoms with E-state index in [4.69, 9.17) is 15.2 Å². The van der Waals surface area contributed by atoms with Crippen LogP contribution in [0.15, 0.2) is 5.38 Å². The number of likely N-dealkylation sites (tertiary alicyclic amines) is 1. The predicted octanol–water partition coefficient (Wildman–Crippen LogP) is 0.649. The van der Waals surface area contributed by atoms with Gasteiger partial charge in [-0.3, -0.25) is 4.79 Å². The predicted molar refractivity (Wildman–Crippen MR) is 72.2 cm³/mol. The number of ether oxygens (including phenoxy) is 2. The molecule has 0 spiro atoms. The van der Waals surface area contributed by atoms with Gasteiger partial charge in [-0.2, -0.15) is 0 Å². The SMILES string of the molecule is COC1CN(C(=O)c2csc(C(C)N)n2)CC1OC. The molecule has 0 radical (unpaired) electrons. The Morgan fingerprint density at radius 3 is 2.47 bits per heavy atom. The van der Waals surface area contributed by atoms with Crippen LogP contribution in [0.25, 0.3) is 0 Å². The van der Waals surface area contributed by atoms with Gasteiger partial charge in [0, 0.05) is 32.7 Å². The largest absolute Gasteiger partial charge is 0.377 e. The minimum Gasteiger partial charge on any atom is -0.377 e. The normalized spacial score (nSPS) is 24.7. The summed E-state index contributed by atoms with van der Waals surface area (Å²) in [6.07, 6.45) is -0.166. The van der Waals surface area contributed by atoms with Crippen LogP contribution in [-0.2, 0) is 9.47 Å². The van der Waals surface area contributed by atoms with Gasteiger partial charge in [-0.1, -0.05) is 0 Å². The van der Waals surface area contributed by atoms with Crippen LogP contribution in [-0.4, -0.2) is 55.3 Å². The second-order valence-corrected chi connectivity index (χ2v) is 5.51. The van der Waals surface area contributed by atoms with Crippen LogP contribution in [0.1, 0.15) is 28.5 Å². The maximum Gasteiger partial charge on any atom is 0.273 e. The molecule has 1 fully saturated rings. The molecule has 1 aromatic heterocycles. The standard InChI is InChI=1S/C12H19N3O3S/c1-7(13)11-14-8(6-19-11)12(16)15-4-9(17-2)10(5-15)18-3/h6-7,9-10H,4-5,13H2,1-3H3. The van der Waals surface area contributed by atoms with E-state index in [1.54, 1.807) is 24.5 Å². The quantitative estimate of drug-likeness (QED) is 0.879. The fourth-order valence-electron chi connectivity index (χ4n) is 2.12. The molecule has 2 rings (SSSR count). The Morgan fingerprint density at radius 1 is 1.47 bits per heavy atom. The van der Waals surface area contributed by atoms with Gasteiger partial charge in [0.15, 0.2) is 0 Å². The van der Waals surface area contributed by atoms with Gasteiger partial charge in [-0.05, 0) is 6.92 Å². The monoisotopic (exact) mass is 285 g/mol. The van der Waals surface area contributed by atoms with Gasteiger partial charge in [-0.15, -0.1) is 11.3 Å². The van der Waals surface area contributed by atoms with E-state index >= 15 is 0 Å².